The van der Waals surface area contributed by atoms with Gasteiger partial charge in [-0.1, -0.05) is 34.8 Å². The van der Waals surface area contributed by atoms with Crippen LogP contribution in [0.1, 0.15) is 0 Å². The van der Waals surface area contributed by atoms with E-state index in [1.807, 2.05) is 0 Å². The molecule has 6 heteroatoms. The maximum atomic E-state index is 9.08. The molecule has 3 nitrogen and oxygen atoms in total. The Morgan fingerprint density at radius 1 is 1.20 bits per heavy atom. The third-order valence-electron chi connectivity index (χ3n) is 1.63. The molecule has 1 aromatic carbocycles. The summed E-state index contributed by atoms with van der Waals surface area (Å²) in [6, 6.07) is 3.08. The van der Waals surface area contributed by atoms with Crippen LogP contribution in [-0.2, 0) is 0 Å². The molecule has 0 unspecified atom stereocenters. The maximum absolute atomic E-state index is 9.08. The van der Waals surface area contributed by atoms with Crippen molar-refractivity contribution >= 4 is 34.8 Å². The van der Waals surface area contributed by atoms with Crippen LogP contribution in [0, 0.1) is 0 Å². The summed E-state index contributed by atoms with van der Waals surface area (Å²) < 4.78 is 5.14. The molecular formula is C9H9Cl3O3. The highest BCUT2D eigenvalue weighted by atomic mass is 35.5. The molecule has 15 heavy (non-hydrogen) atoms. The van der Waals surface area contributed by atoms with Crippen LogP contribution < -0.4 is 4.74 Å². The fraction of sp³-hybridized carbons (Fsp3) is 0.333. The van der Waals surface area contributed by atoms with Crippen LogP contribution in [0.4, 0.5) is 0 Å². The fourth-order valence-corrected chi connectivity index (χ4v) is 1.50. The second-order valence-corrected chi connectivity index (χ2v) is 4.01. The smallest absolute Gasteiger partial charge is 0.158 e. The highest BCUT2D eigenvalue weighted by molar-refractivity contribution is 6.44. The van der Waals surface area contributed by atoms with Gasteiger partial charge in [0, 0.05) is 0 Å². The van der Waals surface area contributed by atoms with Gasteiger partial charge in [-0.3, -0.25) is 0 Å². The summed E-state index contributed by atoms with van der Waals surface area (Å²) in [5, 5.41) is 18.5. The molecular weight excluding hydrogens is 262 g/mol. The first-order valence-corrected chi connectivity index (χ1v) is 5.25. The number of ether oxygens (including phenoxy) is 1. The quantitative estimate of drug-likeness (QED) is 0.827. The Bertz CT molecular complexity index is 344. The van der Waals surface area contributed by atoms with Crippen molar-refractivity contribution in [1.29, 1.82) is 0 Å². The molecule has 0 saturated heterocycles. The Labute approximate surface area is 102 Å². The Morgan fingerprint density at radius 3 is 2.40 bits per heavy atom. The molecule has 0 bridgehead atoms. The van der Waals surface area contributed by atoms with E-state index in [1.165, 1.54) is 6.07 Å². The molecule has 84 valence electrons. The molecule has 0 aliphatic heterocycles. The third kappa shape index (κ3) is 3.40. The predicted octanol–water partition coefficient (Wildman–Crippen LogP) is 2.38. The van der Waals surface area contributed by atoms with Crippen LogP contribution in [0.2, 0.25) is 15.1 Å². The molecule has 0 radical (unpaired) electrons. The minimum atomic E-state index is -0.976. The van der Waals surface area contributed by atoms with E-state index >= 15 is 0 Å². The zero-order valence-electron chi connectivity index (χ0n) is 7.58. The van der Waals surface area contributed by atoms with Crippen molar-refractivity contribution in [3.8, 4) is 5.75 Å². The van der Waals surface area contributed by atoms with Crippen LogP contribution >= 0.6 is 34.8 Å². The molecule has 0 amide bonds. The number of aliphatic hydroxyl groups is 2. The topological polar surface area (TPSA) is 49.7 Å². The van der Waals surface area contributed by atoms with Gasteiger partial charge in [-0.2, -0.15) is 0 Å². The van der Waals surface area contributed by atoms with Crippen molar-refractivity contribution < 1.29 is 14.9 Å². The zero-order chi connectivity index (χ0) is 11.4. The van der Waals surface area contributed by atoms with Crippen molar-refractivity contribution in [1.82, 2.24) is 0 Å². The molecule has 0 heterocycles. The van der Waals surface area contributed by atoms with Gasteiger partial charge < -0.3 is 14.9 Å². The van der Waals surface area contributed by atoms with Crippen molar-refractivity contribution in [2.45, 2.75) is 6.10 Å². The Kier molecular flexibility index (Phi) is 4.96. The maximum Gasteiger partial charge on any atom is 0.158 e. The minimum Gasteiger partial charge on any atom is -0.488 e. The predicted molar refractivity (Wildman–Crippen MR) is 60.1 cm³/mol. The molecule has 0 saturated carbocycles. The Hall–Kier alpha value is -0.190. The summed E-state index contributed by atoms with van der Waals surface area (Å²) in [5.41, 5.74) is 0. The molecule has 2 N–H and O–H groups in total. The summed E-state index contributed by atoms with van der Waals surface area (Å²) in [4.78, 5) is 0. The van der Waals surface area contributed by atoms with E-state index in [0.29, 0.717) is 10.0 Å². The molecule has 1 atom stereocenters. The van der Waals surface area contributed by atoms with Gasteiger partial charge in [0.05, 0.1) is 16.7 Å². The monoisotopic (exact) mass is 270 g/mol. The lowest BCUT2D eigenvalue weighted by Crippen LogP contribution is -2.21. The van der Waals surface area contributed by atoms with Crippen LogP contribution in [0.3, 0.4) is 0 Å². The first kappa shape index (κ1) is 12.9. The van der Waals surface area contributed by atoms with E-state index in [1.54, 1.807) is 6.07 Å². The molecule has 0 aromatic heterocycles. The Balaban J connectivity index is 2.80. The third-order valence-corrected chi connectivity index (χ3v) is 2.72. The van der Waals surface area contributed by atoms with Crippen molar-refractivity contribution in [2.24, 2.45) is 0 Å². The van der Waals surface area contributed by atoms with Gasteiger partial charge in [0.1, 0.15) is 17.7 Å². The number of benzene rings is 1. The lowest BCUT2D eigenvalue weighted by molar-refractivity contribution is 0.0537. The summed E-state index contributed by atoms with van der Waals surface area (Å²) in [6.45, 7) is -0.494. The van der Waals surface area contributed by atoms with Crippen LogP contribution in [-0.4, -0.2) is 29.5 Å². The van der Waals surface area contributed by atoms with Gasteiger partial charge >= 0.3 is 0 Å². The normalized spacial score (nSPS) is 12.6. The van der Waals surface area contributed by atoms with Crippen LogP contribution in [0.15, 0.2) is 12.1 Å². The van der Waals surface area contributed by atoms with E-state index in [-0.39, 0.29) is 17.4 Å². The first-order valence-electron chi connectivity index (χ1n) is 4.11. The molecule has 1 aromatic rings. The van der Waals surface area contributed by atoms with Crippen LogP contribution in [0.5, 0.6) is 5.75 Å². The number of aliphatic hydroxyl groups excluding tert-OH is 2. The van der Waals surface area contributed by atoms with Crippen molar-refractivity contribution in [3.05, 3.63) is 27.2 Å². The molecule has 1 rings (SSSR count). The number of halogens is 3. The van der Waals surface area contributed by atoms with Gasteiger partial charge in [0.15, 0.2) is 5.75 Å². The van der Waals surface area contributed by atoms with Gasteiger partial charge in [-0.05, 0) is 12.1 Å². The Morgan fingerprint density at radius 2 is 1.80 bits per heavy atom. The first-order chi connectivity index (χ1) is 7.06. The number of hydrogen-bond donors (Lipinski definition) is 2. The SMILES string of the molecule is OC[C@H](O)COc1c(Cl)ccc(Cl)c1Cl. The molecule has 0 aliphatic carbocycles. The minimum absolute atomic E-state index is 0.101. The highest BCUT2D eigenvalue weighted by Crippen LogP contribution is 2.37. The summed E-state index contributed by atoms with van der Waals surface area (Å²) in [5.74, 6) is 0.207. The second-order valence-electron chi connectivity index (χ2n) is 2.82. The van der Waals surface area contributed by atoms with E-state index < -0.39 is 12.7 Å². The number of hydrogen-bond acceptors (Lipinski definition) is 3. The highest BCUT2D eigenvalue weighted by Gasteiger charge is 2.12. The van der Waals surface area contributed by atoms with Gasteiger partial charge in [0.2, 0.25) is 0 Å². The average Bonchev–Trinajstić information content (AvgIpc) is 2.23. The zero-order valence-corrected chi connectivity index (χ0v) is 9.85. The largest absolute Gasteiger partial charge is 0.488 e. The summed E-state index contributed by atoms with van der Waals surface area (Å²) in [7, 11) is 0. The van der Waals surface area contributed by atoms with Crippen molar-refractivity contribution in [3.63, 3.8) is 0 Å². The number of rotatable bonds is 4. The van der Waals surface area contributed by atoms with Gasteiger partial charge in [0.25, 0.3) is 0 Å². The lowest BCUT2D eigenvalue weighted by Gasteiger charge is -2.12. The van der Waals surface area contributed by atoms with E-state index in [2.05, 4.69) is 0 Å². The van der Waals surface area contributed by atoms with Gasteiger partial charge in [-0.15, -0.1) is 0 Å². The van der Waals surface area contributed by atoms with Gasteiger partial charge in [-0.25, -0.2) is 0 Å². The van der Waals surface area contributed by atoms with Crippen LogP contribution in [0.25, 0.3) is 0 Å². The molecule has 0 fully saturated rings. The van der Waals surface area contributed by atoms with Crippen molar-refractivity contribution in [2.75, 3.05) is 13.2 Å². The average molecular weight is 272 g/mol. The van der Waals surface area contributed by atoms with E-state index in [9.17, 15) is 0 Å². The second kappa shape index (κ2) is 5.77. The molecule has 0 aliphatic rings. The molecule has 0 spiro atoms. The van der Waals surface area contributed by atoms with E-state index in [0.717, 1.165) is 0 Å². The lowest BCUT2D eigenvalue weighted by atomic mass is 10.3. The summed E-state index contributed by atoms with van der Waals surface area (Å²) in [6.07, 6.45) is -0.976. The summed E-state index contributed by atoms with van der Waals surface area (Å²) >= 11 is 17.4. The van der Waals surface area contributed by atoms with E-state index in [4.69, 9.17) is 49.8 Å². The fourth-order valence-electron chi connectivity index (χ4n) is 0.873. The standard InChI is InChI=1S/C9H9Cl3O3/c10-6-1-2-7(11)9(8(6)12)15-4-5(14)3-13/h1-2,5,13-14H,3-4H2/t5-/m0/s1.